The van der Waals surface area contributed by atoms with Crippen molar-refractivity contribution in [1.29, 1.82) is 0 Å². The summed E-state index contributed by atoms with van der Waals surface area (Å²) in [5.41, 5.74) is 2.30. The van der Waals surface area contributed by atoms with Crippen LogP contribution in [-0.4, -0.2) is 34.0 Å². The molecule has 3 aromatic carbocycles. The summed E-state index contributed by atoms with van der Waals surface area (Å²) in [4.78, 5) is 13.0. The Morgan fingerprint density at radius 1 is 1.06 bits per heavy atom. The monoisotopic (exact) mass is 500 g/mol. The predicted molar refractivity (Wildman–Crippen MR) is 136 cm³/mol. The molecule has 1 amide bonds. The minimum Gasteiger partial charge on any atom is -0.495 e. The number of aryl methyl sites for hydroxylation is 2. The van der Waals surface area contributed by atoms with Gasteiger partial charge in [0.25, 0.3) is 10.0 Å². The third-order valence-corrected chi connectivity index (χ3v) is 7.43. The summed E-state index contributed by atoms with van der Waals surface area (Å²) < 4.78 is 33.6. The van der Waals surface area contributed by atoms with E-state index in [4.69, 9.17) is 16.3 Å². The van der Waals surface area contributed by atoms with Crippen molar-refractivity contribution < 1.29 is 17.9 Å². The molecule has 0 spiro atoms. The number of amides is 1. The van der Waals surface area contributed by atoms with E-state index in [0.29, 0.717) is 10.8 Å². The molecule has 0 radical (unpaired) electrons. The number of benzene rings is 3. The van der Waals surface area contributed by atoms with Gasteiger partial charge in [0.2, 0.25) is 5.91 Å². The van der Waals surface area contributed by atoms with Crippen LogP contribution in [0.1, 0.15) is 24.5 Å². The molecule has 34 heavy (non-hydrogen) atoms. The molecule has 3 aromatic rings. The van der Waals surface area contributed by atoms with Gasteiger partial charge < -0.3 is 10.1 Å². The fourth-order valence-electron chi connectivity index (χ4n) is 3.55. The lowest BCUT2D eigenvalue weighted by molar-refractivity contribution is -0.120. The number of nitrogens with one attached hydrogen (secondary N) is 1. The zero-order chi connectivity index (χ0) is 24.7. The topological polar surface area (TPSA) is 75.7 Å². The van der Waals surface area contributed by atoms with Gasteiger partial charge in [0, 0.05) is 11.1 Å². The van der Waals surface area contributed by atoms with Crippen molar-refractivity contribution in [3.63, 3.8) is 0 Å². The fraction of sp³-hybridized carbons (Fsp3) is 0.269. The van der Waals surface area contributed by atoms with Crippen LogP contribution in [0.2, 0.25) is 5.02 Å². The Morgan fingerprint density at radius 2 is 1.74 bits per heavy atom. The molecule has 6 nitrogen and oxygen atoms in total. The molecule has 0 aliphatic heterocycles. The summed E-state index contributed by atoms with van der Waals surface area (Å²) in [7, 11) is -2.63. The lowest BCUT2D eigenvalue weighted by atomic mass is 10.1. The third kappa shape index (κ3) is 6.52. The minimum atomic E-state index is -4.07. The molecule has 0 bridgehead atoms. The van der Waals surface area contributed by atoms with E-state index in [2.05, 4.69) is 5.32 Å². The number of methoxy groups -OCH3 is 1. The number of nitrogens with zero attached hydrogens (tertiary/aromatic N) is 1. The normalized spacial score (nSPS) is 12.1. The summed E-state index contributed by atoms with van der Waals surface area (Å²) >= 11 is 6.18. The highest BCUT2D eigenvalue weighted by Crippen LogP contribution is 2.34. The van der Waals surface area contributed by atoms with Crippen LogP contribution in [0.3, 0.4) is 0 Å². The van der Waals surface area contributed by atoms with Crippen LogP contribution in [0.4, 0.5) is 5.69 Å². The Kier molecular flexibility index (Phi) is 8.58. The first-order chi connectivity index (χ1) is 16.2. The van der Waals surface area contributed by atoms with E-state index < -0.39 is 22.5 Å². The molecule has 0 heterocycles. The first-order valence-electron chi connectivity index (χ1n) is 11.0. The van der Waals surface area contributed by atoms with Crippen molar-refractivity contribution in [2.75, 3.05) is 18.0 Å². The highest BCUT2D eigenvalue weighted by Gasteiger charge is 2.30. The molecule has 0 unspecified atom stereocenters. The Bertz CT molecular complexity index is 1220. The first-order valence-corrected chi connectivity index (χ1v) is 12.8. The number of carbonyl (C=O) groups is 1. The molecule has 3 rings (SSSR count). The van der Waals surface area contributed by atoms with Gasteiger partial charge in [-0.2, -0.15) is 0 Å². The molecular weight excluding hydrogens is 472 g/mol. The number of anilines is 1. The number of halogens is 1. The van der Waals surface area contributed by atoms with E-state index in [-0.39, 0.29) is 16.6 Å². The van der Waals surface area contributed by atoms with Gasteiger partial charge in [-0.15, -0.1) is 0 Å². The molecular formula is C26H29ClN2O4S. The quantitative estimate of drug-likeness (QED) is 0.425. The van der Waals surface area contributed by atoms with E-state index >= 15 is 0 Å². The van der Waals surface area contributed by atoms with Crippen LogP contribution in [0, 0.1) is 6.92 Å². The number of hydrogen-bond acceptors (Lipinski definition) is 4. The molecule has 8 heteroatoms. The largest absolute Gasteiger partial charge is 0.495 e. The summed E-state index contributed by atoms with van der Waals surface area (Å²) in [6.45, 7) is 3.36. The van der Waals surface area contributed by atoms with Gasteiger partial charge in [0.15, 0.2) is 0 Å². The minimum absolute atomic E-state index is 0.0741. The van der Waals surface area contributed by atoms with Gasteiger partial charge in [-0.3, -0.25) is 9.10 Å². The molecule has 1 atom stereocenters. The summed E-state index contributed by atoms with van der Waals surface area (Å²) in [5.74, 6) is -0.122. The average molecular weight is 501 g/mol. The highest BCUT2D eigenvalue weighted by atomic mass is 35.5. The third-order valence-electron chi connectivity index (χ3n) is 5.42. The number of hydrogen-bond donors (Lipinski definition) is 1. The van der Waals surface area contributed by atoms with Gasteiger partial charge in [-0.1, -0.05) is 59.6 Å². The van der Waals surface area contributed by atoms with E-state index in [0.717, 1.165) is 22.7 Å². The van der Waals surface area contributed by atoms with Crippen LogP contribution < -0.4 is 14.4 Å². The molecule has 180 valence electrons. The number of carbonyl (C=O) groups excluding carboxylic acids is 1. The van der Waals surface area contributed by atoms with Gasteiger partial charge >= 0.3 is 0 Å². The SMILES string of the molecule is COc1ccc(Cl)cc1N(CC(=O)N[C@H](C)CCc1ccccc1)S(=O)(=O)c1ccc(C)cc1. The molecule has 0 aliphatic carbocycles. The van der Waals surface area contributed by atoms with Crippen molar-refractivity contribution in [3.05, 3.63) is 88.9 Å². The zero-order valence-corrected chi connectivity index (χ0v) is 21.1. The molecule has 1 N–H and O–H groups in total. The van der Waals surface area contributed by atoms with Crippen LogP contribution in [0.5, 0.6) is 5.75 Å². The standard InChI is InChI=1S/C26H29ClN2O4S/c1-19-9-14-23(15-10-19)34(31,32)29(24-17-22(27)13-16-25(24)33-3)18-26(30)28-20(2)11-12-21-7-5-4-6-8-21/h4-10,13-17,20H,11-12,18H2,1-3H3,(H,28,30)/t20-/m1/s1. The second-order valence-corrected chi connectivity index (χ2v) is 10.4. The Morgan fingerprint density at radius 3 is 2.38 bits per heavy atom. The Hall–Kier alpha value is -3.03. The molecule has 0 aliphatic rings. The van der Waals surface area contributed by atoms with Gasteiger partial charge in [0.1, 0.15) is 12.3 Å². The van der Waals surface area contributed by atoms with Crippen LogP contribution in [-0.2, 0) is 21.2 Å². The average Bonchev–Trinajstić information content (AvgIpc) is 2.82. The number of rotatable bonds is 10. The Balaban J connectivity index is 1.84. The number of ether oxygens (including phenoxy) is 1. The van der Waals surface area contributed by atoms with Crippen molar-refractivity contribution in [2.45, 2.75) is 37.6 Å². The Labute approximate surface area is 206 Å². The van der Waals surface area contributed by atoms with E-state index in [1.807, 2.05) is 44.2 Å². The van der Waals surface area contributed by atoms with Crippen LogP contribution in [0.25, 0.3) is 0 Å². The van der Waals surface area contributed by atoms with Crippen molar-refractivity contribution in [3.8, 4) is 5.75 Å². The summed E-state index contributed by atoms with van der Waals surface area (Å²) in [6.07, 6.45) is 1.52. The zero-order valence-electron chi connectivity index (χ0n) is 19.5. The molecule has 0 saturated heterocycles. The maximum atomic E-state index is 13.6. The second kappa shape index (κ2) is 11.4. The van der Waals surface area contributed by atoms with E-state index in [1.165, 1.54) is 30.9 Å². The van der Waals surface area contributed by atoms with Crippen molar-refractivity contribution in [1.82, 2.24) is 5.32 Å². The second-order valence-electron chi connectivity index (χ2n) is 8.13. The van der Waals surface area contributed by atoms with Gasteiger partial charge in [0.05, 0.1) is 17.7 Å². The van der Waals surface area contributed by atoms with Crippen LogP contribution in [0.15, 0.2) is 77.7 Å². The lowest BCUT2D eigenvalue weighted by Crippen LogP contribution is -2.43. The summed E-state index contributed by atoms with van der Waals surface area (Å²) in [5, 5.41) is 3.25. The maximum Gasteiger partial charge on any atom is 0.264 e. The molecule has 0 saturated carbocycles. The lowest BCUT2D eigenvalue weighted by Gasteiger charge is -2.26. The predicted octanol–water partition coefficient (Wildman–Crippen LogP) is 4.99. The first kappa shape index (κ1) is 25.6. The van der Waals surface area contributed by atoms with E-state index in [9.17, 15) is 13.2 Å². The van der Waals surface area contributed by atoms with Crippen molar-refractivity contribution >= 4 is 33.2 Å². The van der Waals surface area contributed by atoms with Crippen molar-refractivity contribution in [2.24, 2.45) is 0 Å². The fourth-order valence-corrected chi connectivity index (χ4v) is 5.14. The molecule has 0 fully saturated rings. The number of sulfonamides is 1. The van der Waals surface area contributed by atoms with Gasteiger partial charge in [-0.05, 0) is 62.6 Å². The van der Waals surface area contributed by atoms with E-state index in [1.54, 1.807) is 24.3 Å². The summed E-state index contributed by atoms with van der Waals surface area (Å²) in [6, 6.07) is 21.0. The smallest absolute Gasteiger partial charge is 0.264 e. The molecule has 0 aromatic heterocycles. The van der Waals surface area contributed by atoms with Crippen LogP contribution >= 0.6 is 11.6 Å². The highest BCUT2D eigenvalue weighted by molar-refractivity contribution is 7.92. The van der Waals surface area contributed by atoms with Gasteiger partial charge in [-0.25, -0.2) is 8.42 Å². The maximum absolute atomic E-state index is 13.6.